The van der Waals surface area contributed by atoms with E-state index in [4.69, 9.17) is 11.6 Å². The van der Waals surface area contributed by atoms with E-state index in [1.165, 1.54) is 6.92 Å². The quantitative estimate of drug-likeness (QED) is 0.240. The Morgan fingerprint density at radius 1 is 1.10 bits per heavy atom. The Kier molecular flexibility index (Phi) is 11.2. The van der Waals surface area contributed by atoms with E-state index in [0.717, 1.165) is 54.4 Å². The maximum atomic E-state index is 13.1. The van der Waals surface area contributed by atoms with Gasteiger partial charge in [-0.15, -0.1) is 0 Å². The molecule has 9 heteroatoms. The van der Waals surface area contributed by atoms with Crippen molar-refractivity contribution in [2.75, 3.05) is 0 Å². The molecule has 0 aliphatic carbocycles. The second kappa shape index (κ2) is 14.3. The zero-order valence-corrected chi connectivity index (χ0v) is 24.4. The molecule has 0 aliphatic heterocycles. The summed E-state index contributed by atoms with van der Waals surface area (Å²) < 4.78 is 2.05. The molecular formula is C30H36ClN3O4S. The van der Waals surface area contributed by atoms with Gasteiger partial charge in [-0.05, 0) is 35.1 Å². The Morgan fingerprint density at radius 3 is 2.41 bits per heavy atom. The van der Waals surface area contributed by atoms with E-state index in [9.17, 15) is 19.5 Å². The van der Waals surface area contributed by atoms with Crippen LogP contribution in [-0.2, 0) is 29.1 Å². The first-order valence-corrected chi connectivity index (χ1v) is 14.5. The number of nitrogens with zero attached hydrogens (tertiary/aromatic N) is 2. The predicted molar refractivity (Wildman–Crippen MR) is 157 cm³/mol. The Labute approximate surface area is 239 Å². The standard InChI is InChI=1S/C30H36ClN3O4S/c1-5-7-12-26-33-28(31)25(17-32-29(36)27(19(3)6-2)39-20(4)35)34(26)18-21-13-15-22(16-14-21)23-10-8-9-11-24(23)30(37)38/h8-11,13-16,19,27H,5-7,12,17-18H2,1-4H3,(H,32,36)(H,37,38). The maximum Gasteiger partial charge on any atom is 0.336 e. The van der Waals surface area contributed by atoms with E-state index < -0.39 is 11.2 Å². The molecule has 1 amide bonds. The molecule has 3 aromatic rings. The second-order valence-electron chi connectivity index (χ2n) is 9.64. The van der Waals surface area contributed by atoms with Crippen LogP contribution < -0.4 is 5.32 Å². The van der Waals surface area contributed by atoms with Crippen LogP contribution in [0.5, 0.6) is 0 Å². The zero-order valence-electron chi connectivity index (χ0n) is 22.9. The van der Waals surface area contributed by atoms with Crippen LogP contribution in [0.3, 0.4) is 0 Å². The van der Waals surface area contributed by atoms with E-state index >= 15 is 0 Å². The number of hydrogen-bond acceptors (Lipinski definition) is 5. The third-order valence-electron chi connectivity index (χ3n) is 6.76. The molecule has 0 radical (unpaired) electrons. The van der Waals surface area contributed by atoms with Crippen LogP contribution in [0.2, 0.25) is 5.15 Å². The zero-order chi connectivity index (χ0) is 28.5. The Bertz CT molecular complexity index is 1310. The van der Waals surface area contributed by atoms with Crippen molar-refractivity contribution in [2.45, 2.75) is 71.7 Å². The predicted octanol–water partition coefficient (Wildman–Crippen LogP) is 6.60. The number of aromatic carboxylic acids is 1. The molecule has 7 nitrogen and oxygen atoms in total. The summed E-state index contributed by atoms with van der Waals surface area (Å²) in [7, 11) is 0. The molecule has 0 spiro atoms. The van der Waals surface area contributed by atoms with Gasteiger partial charge in [-0.3, -0.25) is 9.59 Å². The van der Waals surface area contributed by atoms with Gasteiger partial charge in [0.2, 0.25) is 5.91 Å². The van der Waals surface area contributed by atoms with Gasteiger partial charge in [-0.25, -0.2) is 9.78 Å². The number of unbranched alkanes of at least 4 members (excludes halogenated alkanes) is 1. The first-order chi connectivity index (χ1) is 18.7. The van der Waals surface area contributed by atoms with Crippen molar-refractivity contribution >= 4 is 40.4 Å². The van der Waals surface area contributed by atoms with E-state index in [2.05, 4.69) is 21.8 Å². The van der Waals surface area contributed by atoms with Gasteiger partial charge in [0.05, 0.1) is 23.1 Å². The number of halogens is 1. The number of thioether (sulfide) groups is 1. The highest BCUT2D eigenvalue weighted by Crippen LogP contribution is 2.27. The van der Waals surface area contributed by atoms with Gasteiger partial charge in [0.25, 0.3) is 0 Å². The lowest BCUT2D eigenvalue weighted by atomic mass is 9.99. The summed E-state index contributed by atoms with van der Waals surface area (Å²) in [6.07, 6.45) is 3.50. The molecule has 39 heavy (non-hydrogen) atoms. The minimum atomic E-state index is -0.965. The van der Waals surface area contributed by atoms with Crippen LogP contribution in [0, 0.1) is 5.92 Å². The van der Waals surface area contributed by atoms with Gasteiger partial charge in [0.1, 0.15) is 5.82 Å². The second-order valence-corrected chi connectivity index (χ2v) is 11.3. The van der Waals surface area contributed by atoms with Crippen molar-refractivity contribution in [3.05, 3.63) is 76.3 Å². The van der Waals surface area contributed by atoms with Gasteiger partial charge in [0, 0.05) is 19.9 Å². The number of hydrogen-bond donors (Lipinski definition) is 2. The third-order valence-corrected chi connectivity index (χ3v) is 8.33. The summed E-state index contributed by atoms with van der Waals surface area (Å²) in [4.78, 5) is 41.1. The SMILES string of the molecule is CCCCc1nc(Cl)c(CNC(=O)C(SC(C)=O)C(C)CC)n1Cc1ccc(-c2ccccc2C(=O)O)cc1. The van der Waals surface area contributed by atoms with Crippen LogP contribution in [0.25, 0.3) is 11.1 Å². The third kappa shape index (κ3) is 7.96. The van der Waals surface area contributed by atoms with Gasteiger partial charge < -0.3 is 15.0 Å². The number of carbonyl (C=O) groups excluding carboxylic acids is 2. The number of carbonyl (C=O) groups is 3. The number of rotatable bonds is 13. The largest absolute Gasteiger partial charge is 0.478 e. The summed E-state index contributed by atoms with van der Waals surface area (Å²) in [6, 6.07) is 14.7. The molecule has 1 heterocycles. The van der Waals surface area contributed by atoms with Gasteiger partial charge in [-0.2, -0.15) is 0 Å². The van der Waals surface area contributed by atoms with Crippen molar-refractivity contribution in [2.24, 2.45) is 5.92 Å². The molecule has 2 unspecified atom stereocenters. The fraction of sp³-hybridized carbons (Fsp3) is 0.400. The Balaban J connectivity index is 1.86. The average molecular weight is 570 g/mol. The van der Waals surface area contributed by atoms with Crippen LogP contribution >= 0.6 is 23.4 Å². The summed E-state index contributed by atoms with van der Waals surface area (Å²) in [5.74, 6) is -0.260. The van der Waals surface area contributed by atoms with Gasteiger partial charge >= 0.3 is 5.97 Å². The van der Waals surface area contributed by atoms with Crippen LogP contribution in [0.4, 0.5) is 0 Å². The summed E-state index contributed by atoms with van der Waals surface area (Å²) in [5.41, 5.74) is 3.44. The molecule has 2 aromatic carbocycles. The number of aromatic nitrogens is 2. The number of nitrogens with one attached hydrogen (secondary N) is 1. The first-order valence-electron chi connectivity index (χ1n) is 13.3. The van der Waals surface area contributed by atoms with Crippen molar-refractivity contribution in [3.8, 4) is 11.1 Å². The smallest absolute Gasteiger partial charge is 0.336 e. The lowest BCUT2D eigenvalue weighted by Gasteiger charge is -2.21. The van der Waals surface area contributed by atoms with Crippen molar-refractivity contribution in [1.29, 1.82) is 0 Å². The molecule has 2 N–H and O–H groups in total. The number of amides is 1. The molecule has 0 aliphatic rings. The fourth-order valence-corrected chi connectivity index (χ4v) is 5.61. The molecule has 1 aromatic heterocycles. The Morgan fingerprint density at radius 2 is 1.79 bits per heavy atom. The molecule has 2 atom stereocenters. The number of carboxylic acid groups (broad SMARTS) is 1. The van der Waals surface area contributed by atoms with E-state index in [1.807, 2.05) is 44.2 Å². The fourth-order valence-electron chi connectivity index (χ4n) is 4.37. The number of aryl methyl sites for hydroxylation is 1. The lowest BCUT2D eigenvalue weighted by Crippen LogP contribution is -2.37. The van der Waals surface area contributed by atoms with E-state index in [1.54, 1.807) is 18.2 Å². The topological polar surface area (TPSA) is 101 Å². The highest BCUT2D eigenvalue weighted by atomic mass is 35.5. The lowest BCUT2D eigenvalue weighted by molar-refractivity contribution is -0.121. The van der Waals surface area contributed by atoms with Crippen LogP contribution in [0.15, 0.2) is 48.5 Å². The van der Waals surface area contributed by atoms with Gasteiger partial charge in [0.15, 0.2) is 10.3 Å². The highest BCUT2D eigenvalue weighted by Gasteiger charge is 2.27. The normalized spacial score (nSPS) is 12.6. The summed E-state index contributed by atoms with van der Waals surface area (Å²) in [5, 5.41) is 12.3. The summed E-state index contributed by atoms with van der Waals surface area (Å²) >= 11 is 7.65. The number of carboxylic acids is 1. The molecule has 0 saturated heterocycles. The monoisotopic (exact) mass is 569 g/mol. The number of imidazole rings is 1. The van der Waals surface area contributed by atoms with Crippen LogP contribution in [-0.4, -0.2) is 36.9 Å². The van der Waals surface area contributed by atoms with E-state index in [0.29, 0.717) is 23.0 Å². The van der Waals surface area contributed by atoms with Gasteiger partial charge in [-0.1, -0.05) is 99.4 Å². The van der Waals surface area contributed by atoms with Crippen molar-refractivity contribution in [3.63, 3.8) is 0 Å². The molecule has 0 fully saturated rings. The number of benzene rings is 2. The van der Waals surface area contributed by atoms with Crippen molar-refractivity contribution < 1.29 is 19.5 Å². The molecule has 208 valence electrons. The molecule has 0 saturated carbocycles. The van der Waals surface area contributed by atoms with Crippen LogP contribution in [0.1, 0.15) is 74.4 Å². The van der Waals surface area contributed by atoms with E-state index in [-0.39, 0.29) is 29.0 Å². The minimum Gasteiger partial charge on any atom is -0.478 e. The average Bonchev–Trinajstić information content (AvgIpc) is 3.22. The Hall–Kier alpha value is -3.10. The maximum absolute atomic E-state index is 13.1. The highest BCUT2D eigenvalue weighted by molar-refractivity contribution is 8.14. The first kappa shape index (κ1) is 30.4. The molecule has 0 bridgehead atoms. The molecular weight excluding hydrogens is 534 g/mol. The molecule has 3 rings (SSSR count). The van der Waals surface area contributed by atoms with Crippen molar-refractivity contribution in [1.82, 2.24) is 14.9 Å². The summed E-state index contributed by atoms with van der Waals surface area (Å²) in [6.45, 7) is 8.27. The minimum absolute atomic E-state index is 0.0455.